The fourth-order valence-electron chi connectivity index (χ4n) is 1.50. The molecule has 6 nitrogen and oxygen atoms in total. The van der Waals surface area contributed by atoms with Gasteiger partial charge in [-0.3, -0.25) is 10.1 Å². The molecule has 0 amide bonds. The number of nitrogens with two attached hydrogens (primary N) is 1. The van der Waals surface area contributed by atoms with Gasteiger partial charge >= 0.3 is 0 Å². The first-order valence-corrected chi connectivity index (χ1v) is 5.91. The van der Waals surface area contributed by atoms with Crippen molar-refractivity contribution < 1.29 is 0 Å². The number of aryl methyl sites for hydroxylation is 2. The maximum absolute atomic E-state index is 5.40. The maximum atomic E-state index is 5.40. The fraction of sp³-hybridized carbons (Fsp3) is 0.636. The number of nitrogens with zero attached hydrogens (tertiary/aromatic N) is 3. The highest BCUT2D eigenvalue weighted by molar-refractivity contribution is 5.79. The quantitative estimate of drug-likeness (QED) is 0.229. The summed E-state index contributed by atoms with van der Waals surface area (Å²) < 4.78 is 1.79. The van der Waals surface area contributed by atoms with Gasteiger partial charge < -0.3 is 5.32 Å². The van der Waals surface area contributed by atoms with Crippen molar-refractivity contribution in [2.75, 3.05) is 6.54 Å². The van der Waals surface area contributed by atoms with Gasteiger partial charge in [-0.1, -0.05) is 13.3 Å². The Balaban J connectivity index is 2.51. The summed E-state index contributed by atoms with van der Waals surface area (Å²) in [6.45, 7) is 5.59. The zero-order chi connectivity index (χ0) is 12.7. The van der Waals surface area contributed by atoms with E-state index in [0.717, 1.165) is 30.6 Å². The van der Waals surface area contributed by atoms with Gasteiger partial charge in [0.1, 0.15) is 0 Å². The Hall–Kier alpha value is -1.56. The van der Waals surface area contributed by atoms with Crippen molar-refractivity contribution in [2.45, 2.75) is 33.2 Å². The largest absolute Gasteiger partial charge is 0.355 e. The third-order valence-corrected chi connectivity index (χ3v) is 2.48. The average Bonchev–Trinajstić information content (AvgIpc) is 2.62. The third kappa shape index (κ3) is 4.44. The van der Waals surface area contributed by atoms with Gasteiger partial charge in [0.25, 0.3) is 0 Å². The Labute approximate surface area is 102 Å². The molecule has 6 heteroatoms. The van der Waals surface area contributed by atoms with Crippen molar-refractivity contribution in [1.29, 1.82) is 0 Å². The summed E-state index contributed by atoms with van der Waals surface area (Å²) in [5.74, 6) is 6.02. The van der Waals surface area contributed by atoms with Crippen LogP contribution in [-0.2, 0) is 13.6 Å². The minimum atomic E-state index is 0.582. The number of unbranched alkanes of at least 4 members (excludes halogenated alkanes) is 1. The van der Waals surface area contributed by atoms with Crippen molar-refractivity contribution in [3.05, 3.63) is 17.5 Å². The first kappa shape index (κ1) is 13.5. The Morgan fingerprint density at radius 2 is 2.35 bits per heavy atom. The van der Waals surface area contributed by atoms with Gasteiger partial charge in [-0.05, 0) is 13.3 Å². The lowest BCUT2D eigenvalue weighted by molar-refractivity contribution is 0.731. The van der Waals surface area contributed by atoms with Crippen LogP contribution in [0, 0.1) is 6.92 Å². The van der Waals surface area contributed by atoms with Gasteiger partial charge in [-0.2, -0.15) is 5.10 Å². The number of guanidine groups is 1. The number of aromatic nitrogens is 2. The van der Waals surface area contributed by atoms with Crippen LogP contribution in [0.25, 0.3) is 0 Å². The zero-order valence-electron chi connectivity index (χ0n) is 10.8. The summed E-state index contributed by atoms with van der Waals surface area (Å²) in [4.78, 5) is 4.37. The van der Waals surface area contributed by atoms with Crippen LogP contribution in [0.1, 0.15) is 31.0 Å². The highest BCUT2D eigenvalue weighted by Gasteiger charge is 2.02. The van der Waals surface area contributed by atoms with Crippen molar-refractivity contribution in [3.8, 4) is 0 Å². The highest BCUT2D eigenvalue weighted by atomic mass is 15.3. The second-order valence-electron chi connectivity index (χ2n) is 4.00. The molecule has 0 radical (unpaired) electrons. The van der Waals surface area contributed by atoms with E-state index in [-0.39, 0.29) is 0 Å². The van der Waals surface area contributed by atoms with Gasteiger partial charge in [0.05, 0.1) is 12.2 Å². The van der Waals surface area contributed by atoms with E-state index in [9.17, 15) is 0 Å². The molecule has 0 aliphatic carbocycles. The van der Waals surface area contributed by atoms with E-state index >= 15 is 0 Å². The van der Waals surface area contributed by atoms with Crippen molar-refractivity contribution in [1.82, 2.24) is 20.5 Å². The SMILES string of the molecule is CCCCNC(=NCc1cn(C)nc1C)NN. The van der Waals surface area contributed by atoms with Crippen LogP contribution in [0.15, 0.2) is 11.2 Å². The first-order chi connectivity index (χ1) is 8.17. The standard InChI is InChI=1S/C11H22N6/c1-4-5-6-13-11(15-12)14-7-10-8-17(3)16-9(10)2/h8H,4-7,12H2,1-3H3,(H2,13,14,15). The molecule has 0 aromatic carbocycles. The molecule has 1 aromatic rings. The van der Waals surface area contributed by atoms with Crippen LogP contribution in [0.2, 0.25) is 0 Å². The monoisotopic (exact) mass is 238 g/mol. The van der Waals surface area contributed by atoms with Gasteiger partial charge in [0.2, 0.25) is 5.96 Å². The van der Waals surface area contributed by atoms with E-state index in [4.69, 9.17) is 5.84 Å². The molecular weight excluding hydrogens is 216 g/mol. The normalized spacial score (nSPS) is 11.6. The summed E-state index contributed by atoms with van der Waals surface area (Å²) in [7, 11) is 1.90. The Bertz CT molecular complexity index is 368. The van der Waals surface area contributed by atoms with Gasteiger partial charge in [0, 0.05) is 25.4 Å². The summed E-state index contributed by atoms with van der Waals surface area (Å²) in [5, 5.41) is 7.42. The second-order valence-corrected chi connectivity index (χ2v) is 4.00. The maximum Gasteiger partial charge on any atom is 0.206 e. The lowest BCUT2D eigenvalue weighted by atomic mass is 10.3. The van der Waals surface area contributed by atoms with E-state index in [0.29, 0.717) is 12.5 Å². The molecule has 0 fully saturated rings. The van der Waals surface area contributed by atoms with Crippen LogP contribution in [0.4, 0.5) is 0 Å². The molecule has 4 N–H and O–H groups in total. The topological polar surface area (TPSA) is 80.3 Å². The van der Waals surface area contributed by atoms with Gasteiger partial charge in [0.15, 0.2) is 0 Å². The summed E-state index contributed by atoms with van der Waals surface area (Å²) in [5.41, 5.74) is 4.68. The molecule has 0 saturated carbocycles. The highest BCUT2D eigenvalue weighted by Crippen LogP contribution is 2.05. The summed E-state index contributed by atoms with van der Waals surface area (Å²) in [6, 6.07) is 0. The van der Waals surface area contributed by atoms with E-state index in [2.05, 4.69) is 27.8 Å². The van der Waals surface area contributed by atoms with Crippen molar-refractivity contribution in [2.24, 2.45) is 17.9 Å². The molecule has 0 unspecified atom stereocenters. The molecule has 17 heavy (non-hydrogen) atoms. The molecule has 0 aliphatic rings. The van der Waals surface area contributed by atoms with Crippen LogP contribution in [0.3, 0.4) is 0 Å². The molecule has 1 heterocycles. The average molecular weight is 238 g/mol. The summed E-state index contributed by atoms with van der Waals surface area (Å²) >= 11 is 0. The first-order valence-electron chi connectivity index (χ1n) is 5.91. The summed E-state index contributed by atoms with van der Waals surface area (Å²) in [6.07, 6.45) is 4.22. The zero-order valence-corrected chi connectivity index (χ0v) is 10.8. The molecule has 0 bridgehead atoms. The van der Waals surface area contributed by atoms with Gasteiger partial charge in [-0.25, -0.2) is 10.8 Å². The van der Waals surface area contributed by atoms with Crippen molar-refractivity contribution >= 4 is 5.96 Å². The number of hydrazine groups is 1. The van der Waals surface area contributed by atoms with Crippen LogP contribution in [0.5, 0.6) is 0 Å². The molecular formula is C11H22N6. The molecule has 0 atom stereocenters. The van der Waals surface area contributed by atoms with Crippen LogP contribution >= 0.6 is 0 Å². The third-order valence-electron chi connectivity index (χ3n) is 2.48. The van der Waals surface area contributed by atoms with Crippen molar-refractivity contribution in [3.63, 3.8) is 0 Å². The Morgan fingerprint density at radius 1 is 1.59 bits per heavy atom. The van der Waals surface area contributed by atoms with Gasteiger partial charge in [-0.15, -0.1) is 0 Å². The number of hydrogen-bond donors (Lipinski definition) is 3. The minimum Gasteiger partial charge on any atom is -0.355 e. The van der Waals surface area contributed by atoms with Crippen LogP contribution in [-0.4, -0.2) is 22.3 Å². The molecule has 96 valence electrons. The minimum absolute atomic E-state index is 0.582. The number of aliphatic imine (C=N–C) groups is 1. The number of hydrogen-bond acceptors (Lipinski definition) is 3. The van der Waals surface area contributed by atoms with Crippen LogP contribution < -0.4 is 16.6 Å². The Morgan fingerprint density at radius 3 is 2.88 bits per heavy atom. The molecule has 0 spiro atoms. The van der Waals surface area contributed by atoms with E-state index in [1.54, 1.807) is 4.68 Å². The molecule has 0 aliphatic heterocycles. The van der Waals surface area contributed by atoms with E-state index in [1.807, 2.05) is 20.2 Å². The van der Waals surface area contributed by atoms with E-state index in [1.165, 1.54) is 0 Å². The van der Waals surface area contributed by atoms with E-state index < -0.39 is 0 Å². The Kier molecular flexibility index (Phi) is 5.48. The molecule has 1 aromatic heterocycles. The second kappa shape index (κ2) is 6.90. The number of nitrogens with one attached hydrogen (secondary N) is 2. The number of rotatable bonds is 5. The predicted octanol–water partition coefficient (Wildman–Crippen LogP) is 0.438. The molecule has 1 rings (SSSR count). The predicted molar refractivity (Wildman–Crippen MR) is 69.3 cm³/mol. The lowest BCUT2D eigenvalue weighted by Crippen LogP contribution is -2.41. The lowest BCUT2D eigenvalue weighted by Gasteiger charge is -2.07. The smallest absolute Gasteiger partial charge is 0.206 e. The molecule has 0 saturated heterocycles. The fourth-order valence-corrected chi connectivity index (χ4v) is 1.50.